The van der Waals surface area contributed by atoms with Crippen LogP contribution in [0.4, 0.5) is 13.2 Å². The lowest BCUT2D eigenvalue weighted by Crippen LogP contribution is -2.31. The Labute approximate surface area is 126 Å². The number of thioether (sulfide) groups is 1. The zero-order valence-electron chi connectivity index (χ0n) is 11.4. The molecule has 116 valence electrons. The van der Waals surface area contributed by atoms with Crippen molar-refractivity contribution in [2.75, 3.05) is 13.3 Å². The van der Waals surface area contributed by atoms with Crippen LogP contribution in [0, 0.1) is 11.6 Å². The molecule has 0 saturated heterocycles. The number of carbonyl (C=O) groups is 1. The Bertz CT molecular complexity index is 850. The molecular formula is C14H10F3NO3S. The number of hydrogen-bond donors (Lipinski definition) is 0. The molecule has 1 aliphatic heterocycles. The summed E-state index contributed by atoms with van der Waals surface area (Å²) in [6.45, 7) is 0.872. The first-order valence-electron chi connectivity index (χ1n) is 6.46. The van der Waals surface area contributed by atoms with E-state index in [9.17, 15) is 22.8 Å². The van der Waals surface area contributed by atoms with Gasteiger partial charge in [0, 0.05) is 11.5 Å². The SMILES string of the molecule is CCOC(=O)c1c2n(c3cc(F)c(F)cc3c1=O)[C@H](CF)S2. The van der Waals surface area contributed by atoms with Gasteiger partial charge in [0.1, 0.15) is 17.6 Å². The van der Waals surface area contributed by atoms with Gasteiger partial charge in [0.05, 0.1) is 17.1 Å². The lowest BCUT2D eigenvalue weighted by Gasteiger charge is -2.33. The van der Waals surface area contributed by atoms with Crippen molar-refractivity contribution in [1.29, 1.82) is 0 Å². The molecule has 22 heavy (non-hydrogen) atoms. The van der Waals surface area contributed by atoms with E-state index >= 15 is 0 Å². The molecule has 0 N–H and O–H groups in total. The summed E-state index contributed by atoms with van der Waals surface area (Å²) in [6.07, 6.45) is 0. The molecule has 0 amide bonds. The molecule has 4 nitrogen and oxygen atoms in total. The van der Waals surface area contributed by atoms with Crippen LogP contribution in [-0.4, -0.2) is 23.8 Å². The third-order valence-corrected chi connectivity index (χ3v) is 4.58. The molecule has 0 saturated carbocycles. The largest absolute Gasteiger partial charge is 0.462 e. The average molecular weight is 329 g/mol. The number of pyridine rings is 1. The summed E-state index contributed by atoms with van der Waals surface area (Å²) in [4.78, 5) is 24.4. The molecule has 0 unspecified atom stereocenters. The molecule has 2 heterocycles. The number of nitrogens with zero attached hydrogens (tertiary/aromatic N) is 1. The highest BCUT2D eigenvalue weighted by Crippen LogP contribution is 2.46. The molecule has 8 heteroatoms. The Kier molecular flexibility index (Phi) is 3.64. The summed E-state index contributed by atoms with van der Waals surface area (Å²) in [5.74, 6) is -3.20. The van der Waals surface area contributed by atoms with E-state index in [0.717, 1.165) is 23.9 Å². The maximum Gasteiger partial charge on any atom is 0.344 e. The maximum atomic E-state index is 13.4. The Hall–Kier alpha value is -1.96. The van der Waals surface area contributed by atoms with Crippen LogP contribution in [-0.2, 0) is 4.74 Å². The number of esters is 1. The number of benzene rings is 1. The van der Waals surface area contributed by atoms with Crippen molar-refractivity contribution in [3.8, 4) is 0 Å². The van der Waals surface area contributed by atoms with Crippen molar-refractivity contribution >= 4 is 28.6 Å². The zero-order valence-corrected chi connectivity index (χ0v) is 12.2. The van der Waals surface area contributed by atoms with E-state index in [1.54, 1.807) is 6.92 Å². The van der Waals surface area contributed by atoms with E-state index in [0.29, 0.717) is 0 Å². The molecule has 1 aromatic carbocycles. The van der Waals surface area contributed by atoms with Gasteiger partial charge < -0.3 is 9.30 Å². The fourth-order valence-corrected chi connectivity index (χ4v) is 3.51. The van der Waals surface area contributed by atoms with Gasteiger partial charge in [-0.1, -0.05) is 11.8 Å². The topological polar surface area (TPSA) is 48.3 Å². The Balaban J connectivity index is 2.38. The van der Waals surface area contributed by atoms with Crippen LogP contribution in [0.2, 0.25) is 0 Å². The fourth-order valence-electron chi connectivity index (χ4n) is 2.40. The van der Waals surface area contributed by atoms with Crippen LogP contribution in [0.3, 0.4) is 0 Å². The average Bonchev–Trinajstić information content (AvgIpc) is 2.44. The van der Waals surface area contributed by atoms with Crippen LogP contribution in [0.1, 0.15) is 22.7 Å². The van der Waals surface area contributed by atoms with Gasteiger partial charge in [-0.2, -0.15) is 0 Å². The third kappa shape index (κ3) is 2.01. The summed E-state index contributed by atoms with van der Waals surface area (Å²) in [5.41, 5.74) is -0.952. The molecule has 0 fully saturated rings. The highest BCUT2D eigenvalue weighted by atomic mass is 32.2. The predicted molar refractivity (Wildman–Crippen MR) is 74.9 cm³/mol. The monoisotopic (exact) mass is 329 g/mol. The van der Waals surface area contributed by atoms with Gasteiger partial charge >= 0.3 is 5.97 Å². The van der Waals surface area contributed by atoms with Gasteiger partial charge in [0.2, 0.25) is 5.43 Å². The number of hydrogen-bond acceptors (Lipinski definition) is 4. The molecular weight excluding hydrogens is 319 g/mol. The second kappa shape index (κ2) is 5.35. The summed E-state index contributed by atoms with van der Waals surface area (Å²) in [5, 5.41) is -0.648. The van der Waals surface area contributed by atoms with Crippen LogP contribution in [0.15, 0.2) is 22.0 Å². The minimum Gasteiger partial charge on any atom is -0.462 e. The minimum absolute atomic E-state index is 0.0603. The normalized spacial score (nSPS) is 16.3. The molecule has 0 bridgehead atoms. The molecule has 0 spiro atoms. The summed E-state index contributed by atoms with van der Waals surface area (Å²) in [6, 6.07) is 1.56. The van der Waals surface area contributed by atoms with Crippen LogP contribution in [0.5, 0.6) is 0 Å². The molecule has 3 rings (SSSR count). The highest BCUT2D eigenvalue weighted by Gasteiger charge is 2.36. The van der Waals surface area contributed by atoms with Crippen molar-refractivity contribution in [3.63, 3.8) is 0 Å². The van der Waals surface area contributed by atoms with E-state index in [4.69, 9.17) is 4.74 Å². The Morgan fingerprint density at radius 2 is 2.05 bits per heavy atom. The van der Waals surface area contributed by atoms with Crippen LogP contribution >= 0.6 is 11.8 Å². The highest BCUT2D eigenvalue weighted by molar-refractivity contribution is 8.00. The van der Waals surface area contributed by atoms with Gasteiger partial charge in [-0.3, -0.25) is 4.79 Å². The van der Waals surface area contributed by atoms with Gasteiger partial charge in [0.25, 0.3) is 0 Å². The lowest BCUT2D eigenvalue weighted by atomic mass is 10.1. The zero-order chi connectivity index (χ0) is 16.0. The standard InChI is InChI=1S/C14H10F3NO3S/c1-2-21-14(20)11-12(19)6-3-7(16)8(17)4-9(6)18-10(5-15)22-13(11)18/h3-4,10H,2,5H2,1H3/t10-/m0/s1. The fraction of sp³-hybridized carbons (Fsp3) is 0.286. The number of halogens is 3. The maximum absolute atomic E-state index is 13.4. The van der Waals surface area contributed by atoms with Gasteiger partial charge in [-0.05, 0) is 13.0 Å². The second-order valence-electron chi connectivity index (χ2n) is 4.61. The minimum atomic E-state index is -1.20. The van der Waals surface area contributed by atoms with E-state index in [1.807, 2.05) is 0 Å². The summed E-state index contributed by atoms with van der Waals surface area (Å²) in [7, 11) is 0. The molecule has 1 atom stereocenters. The quantitative estimate of drug-likeness (QED) is 0.812. The van der Waals surface area contributed by atoms with Crippen LogP contribution in [0.25, 0.3) is 10.9 Å². The Morgan fingerprint density at radius 1 is 1.36 bits per heavy atom. The number of fused-ring (bicyclic) bond motifs is 3. The number of alkyl halides is 1. The first-order valence-corrected chi connectivity index (χ1v) is 7.34. The van der Waals surface area contributed by atoms with E-state index in [2.05, 4.69) is 0 Å². The molecule has 2 aromatic rings. The molecule has 0 aliphatic carbocycles. The van der Waals surface area contributed by atoms with Crippen LogP contribution < -0.4 is 5.43 Å². The predicted octanol–water partition coefficient (Wildman–Crippen LogP) is 3.03. The van der Waals surface area contributed by atoms with Gasteiger partial charge in [0.15, 0.2) is 11.6 Å². The first-order chi connectivity index (χ1) is 10.5. The summed E-state index contributed by atoms with van der Waals surface area (Å²) < 4.78 is 46.0. The van der Waals surface area contributed by atoms with E-state index in [-0.39, 0.29) is 28.1 Å². The van der Waals surface area contributed by atoms with Crippen molar-refractivity contribution < 1.29 is 22.7 Å². The number of rotatable bonds is 3. The molecule has 0 radical (unpaired) electrons. The van der Waals surface area contributed by atoms with Crippen molar-refractivity contribution in [2.24, 2.45) is 0 Å². The Morgan fingerprint density at radius 3 is 2.68 bits per heavy atom. The van der Waals surface area contributed by atoms with Crippen molar-refractivity contribution in [1.82, 2.24) is 4.57 Å². The molecule has 1 aromatic heterocycles. The third-order valence-electron chi connectivity index (χ3n) is 3.35. The van der Waals surface area contributed by atoms with Gasteiger partial charge in [-0.15, -0.1) is 0 Å². The number of carbonyl (C=O) groups excluding carboxylic acids is 1. The smallest absolute Gasteiger partial charge is 0.344 e. The molecule has 1 aliphatic rings. The number of ether oxygens (including phenoxy) is 1. The number of aromatic nitrogens is 1. The first kappa shape index (κ1) is 15.0. The summed E-state index contributed by atoms with van der Waals surface area (Å²) >= 11 is 0.990. The van der Waals surface area contributed by atoms with Crippen molar-refractivity contribution in [2.45, 2.75) is 17.3 Å². The van der Waals surface area contributed by atoms with Crippen molar-refractivity contribution in [3.05, 3.63) is 39.6 Å². The second-order valence-corrected chi connectivity index (χ2v) is 5.78. The van der Waals surface area contributed by atoms with E-state index < -0.39 is 35.1 Å². The van der Waals surface area contributed by atoms with Gasteiger partial charge in [-0.25, -0.2) is 18.0 Å². The van der Waals surface area contributed by atoms with E-state index in [1.165, 1.54) is 4.57 Å². The lowest BCUT2D eigenvalue weighted by molar-refractivity contribution is 0.0518.